The van der Waals surface area contributed by atoms with Gasteiger partial charge >= 0.3 is 0 Å². The SMILES string of the molecule is CCCCCCC(N)C1Cc2ccccc2O1. The fraction of sp³-hybridized carbons (Fsp3) is 0.600. The van der Waals surface area contributed by atoms with Gasteiger partial charge in [-0.2, -0.15) is 0 Å². The summed E-state index contributed by atoms with van der Waals surface area (Å²) in [7, 11) is 0. The average molecular weight is 233 g/mol. The number of ether oxygens (including phenoxy) is 1. The van der Waals surface area contributed by atoms with Crippen molar-refractivity contribution in [3.8, 4) is 5.75 Å². The van der Waals surface area contributed by atoms with Gasteiger partial charge in [0.15, 0.2) is 0 Å². The van der Waals surface area contributed by atoms with Gasteiger partial charge in [-0.3, -0.25) is 0 Å². The van der Waals surface area contributed by atoms with Gasteiger partial charge in [-0.1, -0.05) is 50.8 Å². The van der Waals surface area contributed by atoms with Crippen LogP contribution in [0.3, 0.4) is 0 Å². The summed E-state index contributed by atoms with van der Waals surface area (Å²) in [6.45, 7) is 2.23. The third-order valence-corrected chi connectivity index (χ3v) is 3.54. The van der Waals surface area contributed by atoms with Crippen molar-refractivity contribution >= 4 is 0 Å². The molecule has 2 heteroatoms. The van der Waals surface area contributed by atoms with E-state index < -0.39 is 0 Å². The van der Waals surface area contributed by atoms with E-state index in [2.05, 4.69) is 19.1 Å². The van der Waals surface area contributed by atoms with Crippen LogP contribution in [0.1, 0.15) is 44.6 Å². The van der Waals surface area contributed by atoms with E-state index >= 15 is 0 Å². The monoisotopic (exact) mass is 233 g/mol. The maximum atomic E-state index is 6.22. The quantitative estimate of drug-likeness (QED) is 0.765. The molecule has 2 unspecified atom stereocenters. The van der Waals surface area contributed by atoms with E-state index in [1.165, 1.54) is 31.2 Å². The number of hydrogen-bond donors (Lipinski definition) is 1. The molecule has 1 heterocycles. The summed E-state index contributed by atoms with van der Waals surface area (Å²) in [5, 5.41) is 0. The van der Waals surface area contributed by atoms with Crippen LogP contribution in [0, 0.1) is 0 Å². The van der Waals surface area contributed by atoms with E-state index in [0.29, 0.717) is 0 Å². The van der Waals surface area contributed by atoms with Gasteiger partial charge in [0, 0.05) is 12.5 Å². The van der Waals surface area contributed by atoms with Crippen molar-refractivity contribution in [2.75, 3.05) is 0 Å². The van der Waals surface area contributed by atoms with Crippen LogP contribution >= 0.6 is 0 Å². The molecule has 2 N–H and O–H groups in total. The second-order valence-electron chi connectivity index (χ2n) is 4.98. The molecule has 94 valence electrons. The van der Waals surface area contributed by atoms with Crippen LogP contribution in [0.4, 0.5) is 0 Å². The van der Waals surface area contributed by atoms with Crippen molar-refractivity contribution in [1.82, 2.24) is 0 Å². The molecule has 17 heavy (non-hydrogen) atoms. The first-order chi connectivity index (χ1) is 8.31. The standard InChI is InChI=1S/C15H23NO/c1-2-3-4-5-9-13(16)15-11-12-8-6-7-10-14(12)17-15/h6-8,10,13,15H,2-5,9,11,16H2,1H3. The van der Waals surface area contributed by atoms with E-state index in [1.807, 2.05) is 12.1 Å². The van der Waals surface area contributed by atoms with Gasteiger partial charge in [0.05, 0.1) is 0 Å². The second-order valence-corrected chi connectivity index (χ2v) is 4.98. The minimum atomic E-state index is 0.180. The Morgan fingerprint density at radius 3 is 2.88 bits per heavy atom. The number of nitrogens with two attached hydrogens (primary N) is 1. The number of fused-ring (bicyclic) bond motifs is 1. The van der Waals surface area contributed by atoms with Crippen LogP contribution in [0.15, 0.2) is 24.3 Å². The molecule has 1 aliphatic rings. The zero-order valence-corrected chi connectivity index (χ0v) is 10.7. The molecule has 0 fully saturated rings. The van der Waals surface area contributed by atoms with Crippen molar-refractivity contribution in [2.45, 2.75) is 57.6 Å². The average Bonchev–Trinajstić information content (AvgIpc) is 2.78. The molecule has 1 aromatic rings. The van der Waals surface area contributed by atoms with Crippen LogP contribution in [0.25, 0.3) is 0 Å². The van der Waals surface area contributed by atoms with Gasteiger partial charge in [-0.25, -0.2) is 0 Å². The third kappa shape index (κ3) is 3.22. The summed E-state index contributed by atoms with van der Waals surface area (Å²) in [5.74, 6) is 1.03. The number of rotatable bonds is 6. The highest BCUT2D eigenvalue weighted by Gasteiger charge is 2.27. The predicted molar refractivity (Wildman–Crippen MR) is 71.3 cm³/mol. The van der Waals surface area contributed by atoms with Gasteiger partial charge < -0.3 is 10.5 Å². The summed E-state index contributed by atoms with van der Waals surface area (Å²) in [6, 6.07) is 8.45. The molecular formula is C15H23NO. The van der Waals surface area contributed by atoms with E-state index in [-0.39, 0.29) is 12.1 Å². The molecule has 0 spiro atoms. The molecule has 2 nitrogen and oxygen atoms in total. The van der Waals surface area contributed by atoms with Gasteiger partial charge in [0.1, 0.15) is 11.9 Å². The van der Waals surface area contributed by atoms with Crippen LogP contribution in [-0.2, 0) is 6.42 Å². The van der Waals surface area contributed by atoms with Crippen LogP contribution in [0.2, 0.25) is 0 Å². The Morgan fingerprint density at radius 2 is 2.12 bits per heavy atom. The lowest BCUT2D eigenvalue weighted by atomic mass is 10.00. The van der Waals surface area contributed by atoms with Crippen molar-refractivity contribution in [3.05, 3.63) is 29.8 Å². The highest BCUT2D eigenvalue weighted by Crippen LogP contribution is 2.29. The fourth-order valence-corrected chi connectivity index (χ4v) is 2.44. The Balaban J connectivity index is 1.78. The zero-order valence-electron chi connectivity index (χ0n) is 10.7. The molecular weight excluding hydrogens is 210 g/mol. The number of benzene rings is 1. The van der Waals surface area contributed by atoms with E-state index in [4.69, 9.17) is 10.5 Å². The lowest BCUT2D eigenvalue weighted by Gasteiger charge is -2.18. The molecule has 1 aromatic carbocycles. The van der Waals surface area contributed by atoms with Gasteiger partial charge in [0.2, 0.25) is 0 Å². The normalized spacial score (nSPS) is 19.8. The molecule has 0 bridgehead atoms. The molecule has 2 rings (SSSR count). The maximum absolute atomic E-state index is 6.22. The highest BCUT2D eigenvalue weighted by molar-refractivity contribution is 5.37. The Kier molecular flexibility index (Phi) is 4.43. The third-order valence-electron chi connectivity index (χ3n) is 3.54. The number of hydrogen-bond acceptors (Lipinski definition) is 2. The Morgan fingerprint density at radius 1 is 1.29 bits per heavy atom. The predicted octanol–water partition coefficient (Wildman–Crippen LogP) is 3.29. The van der Waals surface area contributed by atoms with Crippen LogP contribution in [-0.4, -0.2) is 12.1 Å². The van der Waals surface area contributed by atoms with Crippen molar-refractivity contribution in [1.29, 1.82) is 0 Å². The van der Waals surface area contributed by atoms with Gasteiger partial charge in [-0.05, 0) is 18.1 Å². The van der Waals surface area contributed by atoms with E-state index in [0.717, 1.165) is 18.6 Å². The Labute approximate surface area is 104 Å². The summed E-state index contributed by atoms with van der Waals surface area (Å²) < 4.78 is 5.90. The molecule has 0 radical (unpaired) electrons. The van der Waals surface area contributed by atoms with Crippen LogP contribution < -0.4 is 10.5 Å². The van der Waals surface area contributed by atoms with E-state index in [9.17, 15) is 0 Å². The highest BCUT2D eigenvalue weighted by atomic mass is 16.5. The first kappa shape index (κ1) is 12.4. The topological polar surface area (TPSA) is 35.2 Å². The molecule has 0 amide bonds. The van der Waals surface area contributed by atoms with Crippen molar-refractivity contribution < 1.29 is 4.74 Å². The minimum Gasteiger partial charge on any atom is -0.488 e. The zero-order chi connectivity index (χ0) is 12.1. The fourth-order valence-electron chi connectivity index (χ4n) is 2.44. The molecule has 0 aliphatic carbocycles. The summed E-state index contributed by atoms with van der Waals surface area (Å²) in [5.41, 5.74) is 7.52. The molecule has 1 aliphatic heterocycles. The van der Waals surface area contributed by atoms with Gasteiger partial charge in [-0.15, -0.1) is 0 Å². The van der Waals surface area contributed by atoms with Crippen molar-refractivity contribution in [3.63, 3.8) is 0 Å². The van der Waals surface area contributed by atoms with E-state index in [1.54, 1.807) is 0 Å². The smallest absolute Gasteiger partial charge is 0.123 e. The Bertz CT molecular complexity index is 326. The molecule has 0 saturated heterocycles. The Hall–Kier alpha value is -1.02. The lowest BCUT2D eigenvalue weighted by Crippen LogP contribution is -2.37. The first-order valence-corrected chi connectivity index (χ1v) is 6.81. The number of para-hydroxylation sites is 1. The summed E-state index contributed by atoms with van der Waals surface area (Å²) >= 11 is 0. The molecule has 0 saturated carbocycles. The first-order valence-electron chi connectivity index (χ1n) is 6.81. The van der Waals surface area contributed by atoms with Crippen molar-refractivity contribution in [2.24, 2.45) is 5.73 Å². The summed E-state index contributed by atoms with van der Waals surface area (Å²) in [4.78, 5) is 0. The largest absolute Gasteiger partial charge is 0.488 e. The summed E-state index contributed by atoms with van der Waals surface area (Å²) in [6.07, 6.45) is 7.37. The lowest BCUT2D eigenvalue weighted by molar-refractivity contribution is 0.191. The molecule has 0 aromatic heterocycles. The second kappa shape index (κ2) is 6.06. The minimum absolute atomic E-state index is 0.180. The van der Waals surface area contributed by atoms with Gasteiger partial charge in [0.25, 0.3) is 0 Å². The number of unbranched alkanes of at least 4 members (excludes halogenated alkanes) is 3. The molecule has 2 atom stereocenters. The maximum Gasteiger partial charge on any atom is 0.123 e. The van der Waals surface area contributed by atoms with Crippen LogP contribution in [0.5, 0.6) is 5.75 Å².